The second-order valence-corrected chi connectivity index (χ2v) is 13.1. The number of nitriles is 1. The van der Waals surface area contributed by atoms with Gasteiger partial charge in [0, 0.05) is 34.2 Å². The van der Waals surface area contributed by atoms with E-state index in [1.165, 1.54) is 12.1 Å². The number of rotatable bonds is 10. The molecule has 2 aromatic heterocycles. The van der Waals surface area contributed by atoms with Crippen LogP contribution in [-0.2, 0) is 25.4 Å². The van der Waals surface area contributed by atoms with Gasteiger partial charge in [-0.1, -0.05) is 40.6 Å². The van der Waals surface area contributed by atoms with E-state index in [1.807, 2.05) is 30.3 Å². The van der Waals surface area contributed by atoms with Crippen LogP contribution in [0.2, 0.25) is 0 Å². The first-order valence-electron chi connectivity index (χ1n) is 17.6. The molecule has 6 aromatic rings. The zero-order valence-corrected chi connectivity index (χ0v) is 29.3. The Labute approximate surface area is 312 Å². The van der Waals surface area contributed by atoms with Gasteiger partial charge in [-0.3, -0.25) is 5.41 Å². The molecule has 14 heteroatoms. The van der Waals surface area contributed by atoms with Crippen LogP contribution in [0.15, 0.2) is 75.8 Å². The quantitative estimate of drug-likeness (QED) is 0.130. The molecule has 0 unspecified atom stereocenters. The molecule has 2 N–H and O–H groups in total. The Hall–Kier alpha value is -6.55. The summed E-state index contributed by atoms with van der Waals surface area (Å²) in [6.45, 7) is 1.89. The number of hydrogen-bond acceptors (Lipinski definition) is 11. The lowest BCUT2D eigenvalue weighted by molar-refractivity contribution is -0.138. The monoisotopic (exact) mass is 744 g/mol. The lowest BCUT2D eigenvalue weighted by Crippen LogP contribution is -2.09. The standard InChI is InChI=1S/C41H31F3N6O5/c1-2-52-35-15-9-24(19-32(35)41(42,43)44)40-48-38(50-55-40)31-11-6-22(36-29(31)12-13-33(36)51)16-17-53-34-14-8-23(18-26(34)21-46)39-47-37(49-54-39)30-5-3-4-27-25(20-45)7-10-28(27)30/h3-6,8-9,11,14-15,18-19,33,45,51H,2,7,10,12-13,16-17H2,1H3/t33-/m0/s1. The average Bonchev–Trinajstić information content (AvgIpc) is 4.02. The van der Waals surface area contributed by atoms with Gasteiger partial charge in [0.25, 0.3) is 11.8 Å². The normalized spacial score (nSPS) is 14.7. The summed E-state index contributed by atoms with van der Waals surface area (Å²) < 4.78 is 63.5. The maximum atomic E-state index is 13.8. The summed E-state index contributed by atoms with van der Waals surface area (Å²) >= 11 is 0. The first kappa shape index (κ1) is 35.5. The number of aromatic nitrogens is 4. The highest BCUT2D eigenvalue weighted by molar-refractivity contribution is 5.93. The molecule has 0 fully saturated rings. The third kappa shape index (κ3) is 6.65. The minimum Gasteiger partial charge on any atom is -0.493 e. The first-order valence-corrected chi connectivity index (χ1v) is 17.6. The van der Waals surface area contributed by atoms with Gasteiger partial charge < -0.3 is 23.6 Å². The van der Waals surface area contributed by atoms with Gasteiger partial charge in [-0.2, -0.15) is 28.4 Å². The van der Waals surface area contributed by atoms with E-state index >= 15 is 0 Å². The predicted molar refractivity (Wildman–Crippen MR) is 193 cm³/mol. The lowest BCUT2D eigenvalue weighted by Gasteiger charge is -2.15. The summed E-state index contributed by atoms with van der Waals surface area (Å²) in [5.41, 5.74) is 6.70. The van der Waals surface area contributed by atoms with Crippen molar-refractivity contribution in [3.63, 3.8) is 0 Å². The molecule has 0 amide bonds. The van der Waals surface area contributed by atoms with E-state index in [4.69, 9.17) is 23.9 Å². The topological polar surface area (TPSA) is 164 Å². The van der Waals surface area contributed by atoms with Gasteiger partial charge >= 0.3 is 6.18 Å². The molecule has 2 aliphatic rings. The van der Waals surface area contributed by atoms with Gasteiger partial charge in [0.05, 0.1) is 30.4 Å². The number of fused-ring (bicyclic) bond motifs is 2. The molecule has 2 heterocycles. The number of nitrogens with zero attached hydrogens (tertiary/aromatic N) is 5. The van der Waals surface area contributed by atoms with Gasteiger partial charge in [0.1, 0.15) is 17.6 Å². The molecule has 8 rings (SSSR count). The zero-order chi connectivity index (χ0) is 38.3. The fourth-order valence-electron chi connectivity index (χ4n) is 7.33. The van der Waals surface area contributed by atoms with Crippen molar-refractivity contribution in [2.24, 2.45) is 0 Å². The van der Waals surface area contributed by atoms with Crippen molar-refractivity contribution in [3.8, 4) is 63.3 Å². The SMILES string of the molecule is CCOc1ccc(-c2nc(-c3ccc(CCOc4ccc(-c5nc(-c6cccc7c6CCC7=C=N)no5)cc4C#N)c4c3CC[C@@H]4O)no2)cc1C(F)(F)F. The highest BCUT2D eigenvalue weighted by Gasteiger charge is 2.35. The molecule has 1 atom stereocenters. The summed E-state index contributed by atoms with van der Waals surface area (Å²) in [7, 11) is 0. The van der Waals surface area contributed by atoms with Gasteiger partial charge in [0.2, 0.25) is 11.6 Å². The van der Waals surface area contributed by atoms with Crippen LogP contribution in [0.3, 0.4) is 0 Å². The maximum Gasteiger partial charge on any atom is 0.419 e. The number of hydrogen-bond donors (Lipinski definition) is 2. The van der Waals surface area contributed by atoms with Gasteiger partial charge in [-0.15, -0.1) is 0 Å². The number of halogens is 3. The molecule has 0 bridgehead atoms. The van der Waals surface area contributed by atoms with E-state index in [0.29, 0.717) is 42.0 Å². The number of allylic oxidation sites excluding steroid dienone is 1. The third-order valence-corrected chi connectivity index (χ3v) is 9.87. The Morgan fingerprint density at radius 3 is 2.24 bits per heavy atom. The van der Waals surface area contributed by atoms with Gasteiger partial charge in [-0.25, -0.2) is 0 Å². The smallest absolute Gasteiger partial charge is 0.419 e. The number of benzene rings is 4. The van der Waals surface area contributed by atoms with Crippen molar-refractivity contribution in [3.05, 3.63) is 106 Å². The second-order valence-electron chi connectivity index (χ2n) is 13.1. The van der Waals surface area contributed by atoms with Crippen molar-refractivity contribution in [2.45, 2.75) is 51.3 Å². The fraction of sp³-hybridized carbons (Fsp3) is 0.244. The third-order valence-electron chi connectivity index (χ3n) is 9.87. The molecule has 276 valence electrons. The molecule has 0 radical (unpaired) electrons. The molecule has 55 heavy (non-hydrogen) atoms. The summed E-state index contributed by atoms with van der Waals surface area (Å²) in [6.07, 6.45) is -2.46. The van der Waals surface area contributed by atoms with Crippen LogP contribution in [0.25, 0.3) is 51.3 Å². The van der Waals surface area contributed by atoms with Crippen LogP contribution in [0.1, 0.15) is 64.8 Å². The minimum absolute atomic E-state index is 0.0780. The Morgan fingerprint density at radius 2 is 1.55 bits per heavy atom. The number of alkyl halides is 3. The van der Waals surface area contributed by atoms with Crippen molar-refractivity contribution >= 4 is 11.4 Å². The van der Waals surface area contributed by atoms with E-state index in [1.54, 1.807) is 25.1 Å². The van der Waals surface area contributed by atoms with Gasteiger partial charge in [0.15, 0.2) is 0 Å². The van der Waals surface area contributed by atoms with E-state index in [2.05, 4.69) is 32.2 Å². The number of aliphatic hydroxyl groups is 1. The fourth-order valence-corrected chi connectivity index (χ4v) is 7.33. The molecule has 11 nitrogen and oxygen atoms in total. The van der Waals surface area contributed by atoms with E-state index in [-0.39, 0.29) is 47.7 Å². The Bertz CT molecular complexity index is 2550. The number of aliphatic hydroxyl groups excluding tert-OH is 1. The maximum absolute atomic E-state index is 13.8. The number of ether oxygens (including phenoxy) is 2. The molecule has 4 aromatic carbocycles. The molecular formula is C41H31F3N6O5. The highest BCUT2D eigenvalue weighted by atomic mass is 19.4. The molecular weight excluding hydrogens is 713 g/mol. The van der Waals surface area contributed by atoms with E-state index < -0.39 is 17.8 Å². The molecule has 0 aliphatic heterocycles. The Kier molecular flexibility index (Phi) is 9.26. The molecule has 0 saturated carbocycles. The van der Waals surface area contributed by atoms with Crippen LogP contribution in [0.5, 0.6) is 11.5 Å². The molecule has 2 aliphatic carbocycles. The van der Waals surface area contributed by atoms with Crippen molar-refractivity contribution in [1.82, 2.24) is 20.3 Å². The summed E-state index contributed by atoms with van der Waals surface area (Å²) in [4.78, 5) is 9.03. The second kappa shape index (κ2) is 14.4. The average molecular weight is 745 g/mol. The van der Waals surface area contributed by atoms with Crippen LogP contribution in [0.4, 0.5) is 13.2 Å². The molecule has 0 spiro atoms. The largest absolute Gasteiger partial charge is 0.493 e. The van der Waals surface area contributed by atoms with Crippen LogP contribution < -0.4 is 9.47 Å². The van der Waals surface area contributed by atoms with Crippen molar-refractivity contribution in [2.75, 3.05) is 13.2 Å². The summed E-state index contributed by atoms with van der Waals surface area (Å²) in [5, 5.41) is 36.8. The lowest BCUT2D eigenvalue weighted by atomic mass is 9.95. The van der Waals surface area contributed by atoms with Crippen LogP contribution in [-0.4, -0.2) is 44.5 Å². The van der Waals surface area contributed by atoms with Crippen molar-refractivity contribution < 1.29 is 36.8 Å². The Balaban J connectivity index is 0.981. The van der Waals surface area contributed by atoms with Crippen molar-refractivity contribution in [1.29, 1.82) is 10.7 Å². The van der Waals surface area contributed by atoms with Crippen LogP contribution in [0, 0.1) is 16.7 Å². The van der Waals surface area contributed by atoms with E-state index in [0.717, 1.165) is 57.9 Å². The summed E-state index contributed by atoms with van der Waals surface area (Å²) in [6, 6.07) is 20.3. The minimum atomic E-state index is -4.64. The van der Waals surface area contributed by atoms with Gasteiger partial charge in [-0.05, 0) is 103 Å². The zero-order valence-electron chi connectivity index (χ0n) is 29.3. The van der Waals surface area contributed by atoms with E-state index in [9.17, 15) is 23.5 Å². The molecule has 0 saturated heterocycles. The summed E-state index contributed by atoms with van der Waals surface area (Å²) in [5.74, 6) is 3.39. The number of nitrogens with one attached hydrogen (secondary N) is 1. The predicted octanol–water partition coefficient (Wildman–Crippen LogP) is 8.59. The highest BCUT2D eigenvalue weighted by Crippen LogP contribution is 2.42. The first-order chi connectivity index (χ1) is 26.7. The Morgan fingerprint density at radius 1 is 0.855 bits per heavy atom. The van der Waals surface area contributed by atoms with Crippen LogP contribution >= 0.6 is 0 Å².